The zero-order valence-electron chi connectivity index (χ0n) is 39.2. The van der Waals surface area contributed by atoms with Crippen LogP contribution in [0, 0.1) is 11.3 Å². The fourth-order valence-electron chi connectivity index (χ4n) is 9.47. The molecular formula is C48H58F4N8O7S. The van der Waals surface area contributed by atoms with Gasteiger partial charge in [-0.1, -0.05) is 34.3 Å². The number of carbonyl (C=O) groups is 5. The van der Waals surface area contributed by atoms with Crippen LogP contribution in [-0.4, -0.2) is 129 Å². The summed E-state index contributed by atoms with van der Waals surface area (Å²) in [5, 5.41) is 6.83. The van der Waals surface area contributed by atoms with Crippen LogP contribution in [0.2, 0.25) is 0 Å². The van der Waals surface area contributed by atoms with E-state index in [2.05, 4.69) is 22.3 Å². The summed E-state index contributed by atoms with van der Waals surface area (Å²) in [5.74, 6) is -4.05. The van der Waals surface area contributed by atoms with Crippen LogP contribution >= 0.6 is 11.3 Å². The number of carbonyl (C=O) groups excluding carboxylic acids is 5. The first kappa shape index (κ1) is 50.2. The molecule has 0 spiro atoms. The lowest BCUT2D eigenvalue weighted by molar-refractivity contribution is -0.155. The number of likely N-dealkylation sites (tertiary alicyclic amines) is 1. The summed E-state index contributed by atoms with van der Waals surface area (Å²) in [7, 11) is 2.81. The number of cyclic esters (lactones) is 1. The number of halogens is 4. The van der Waals surface area contributed by atoms with Crippen LogP contribution in [0.4, 0.5) is 17.6 Å². The molecule has 20 heteroatoms. The number of nitrogens with zero attached hydrogens (tertiary/aromatic N) is 6. The number of pyridine rings is 1. The number of fused-ring (bicyclic) bond motifs is 6. The van der Waals surface area contributed by atoms with E-state index in [0.717, 1.165) is 11.0 Å². The highest BCUT2D eigenvalue weighted by Crippen LogP contribution is 2.43. The highest BCUT2D eigenvalue weighted by atomic mass is 32.1. The molecule has 2 N–H and O–H groups in total. The maximum atomic E-state index is 16.3. The molecule has 0 radical (unpaired) electrons. The first-order valence-electron chi connectivity index (χ1n) is 22.6. The molecule has 3 aliphatic heterocycles. The number of hydrazine groups is 1. The number of thiazole rings is 1. The monoisotopic (exact) mass is 966 g/mol. The molecule has 2 saturated heterocycles. The van der Waals surface area contributed by atoms with Gasteiger partial charge in [-0.2, -0.15) is 13.2 Å². The molecule has 3 aromatic heterocycles. The third-order valence-corrected chi connectivity index (χ3v) is 13.8. The van der Waals surface area contributed by atoms with Gasteiger partial charge in [0.2, 0.25) is 17.5 Å². The molecule has 0 unspecified atom stereocenters. The third-order valence-electron chi connectivity index (χ3n) is 12.9. The van der Waals surface area contributed by atoms with Crippen LogP contribution in [0.3, 0.4) is 0 Å². The first-order chi connectivity index (χ1) is 32.0. The second kappa shape index (κ2) is 19.7. The molecular weight excluding hydrogens is 909 g/mol. The van der Waals surface area contributed by atoms with Crippen LogP contribution in [0.15, 0.2) is 54.6 Å². The summed E-state index contributed by atoms with van der Waals surface area (Å²) in [4.78, 5) is 80.5. The first-order valence-corrected chi connectivity index (χ1v) is 23.5. The fourth-order valence-corrected chi connectivity index (χ4v) is 10.3. The lowest BCUT2D eigenvalue weighted by Crippen LogP contribution is -2.62. The van der Waals surface area contributed by atoms with Gasteiger partial charge in [-0.3, -0.25) is 34.0 Å². The predicted octanol–water partition coefficient (Wildman–Crippen LogP) is 6.35. The van der Waals surface area contributed by atoms with Crippen molar-refractivity contribution >= 4 is 51.8 Å². The maximum absolute atomic E-state index is 16.3. The topological polar surface area (TPSA) is 168 Å². The van der Waals surface area contributed by atoms with Gasteiger partial charge in [-0.05, 0) is 74.1 Å². The van der Waals surface area contributed by atoms with Gasteiger partial charge in [0.05, 0.1) is 36.3 Å². The van der Waals surface area contributed by atoms with E-state index in [-0.39, 0.29) is 39.0 Å². The molecule has 2 fully saturated rings. The molecule has 7 rings (SSSR count). The highest BCUT2D eigenvalue weighted by Gasteiger charge is 2.50. The van der Waals surface area contributed by atoms with E-state index >= 15 is 4.39 Å². The number of ether oxygens (including phenoxy) is 2. The highest BCUT2D eigenvalue weighted by molar-refractivity contribution is 7.13. The maximum Gasteiger partial charge on any atom is 0.406 e. The minimum atomic E-state index is -4.61. The van der Waals surface area contributed by atoms with E-state index < -0.39 is 90.1 Å². The zero-order chi connectivity index (χ0) is 49.5. The molecule has 4 aromatic rings. The summed E-state index contributed by atoms with van der Waals surface area (Å²) < 4.78 is 73.0. The largest absolute Gasteiger partial charge is 0.464 e. The van der Waals surface area contributed by atoms with Crippen LogP contribution in [-0.2, 0) is 52.8 Å². The number of likely N-dealkylation sites (N-methyl/N-ethyl adjacent to an activating group) is 1. The Bertz CT molecular complexity index is 2600. The van der Waals surface area contributed by atoms with Crippen molar-refractivity contribution in [2.45, 2.75) is 109 Å². The Labute approximate surface area is 396 Å². The van der Waals surface area contributed by atoms with Gasteiger partial charge in [-0.15, -0.1) is 11.3 Å². The number of methoxy groups -OCH3 is 1. The molecule has 6 heterocycles. The molecule has 6 bridgehead atoms. The molecule has 4 amide bonds. The van der Waals surface area contributed by atoms with E-state index in [1.807, 2.05) is 13.8 Å². The predicted molar refractivity (Wildman–Crippen MR) is 246 cm³/mol. The summed E-state index contributed by atoms with van der Waals surface area (Å²) in [6, 6.07) is 5.00. The average Bonchev–Trinajstić information content (AvgIpc) is 4.02. The number of aromatic nitrogens is 3. The summed E-state index contributed by atoms with van der Waals surface area (Å²) in [6.45, 7) is 10.5. The number of benzene rings is 1. The van der Waals surface area contributed by atoms with Crippen molar-refractivity contribution in [2.24, 2.45) is 11.3 Å². The van der Waals surface area contributed by atoms with Gasteiger partial charge < -0.3 is 29.2 Å². The Kier molecular flexibility index (Phi) is 14.5. The van der Waals surface area contributed by atoms with Crippen LogP contribution in [0.1, 0.15) is 76.9 Å². The lowest BCUT2D eigenvalue weighted by atomic mass is 9.84. The van der Waals surface area contributed by atoms with Crippen LogP contribution in [0.5, 0.6) is 0 Å². The van der Waals surface area contributed by atoms with E-state index in [0.29, 0.717) is 62.5 Å². The van der Waals surface area contributed by atoms with E-state index in [1.165, 1.54) is 40.0 Å². The van der Waals surface area contributed by atoms with Crippen LogP contribution in [0.25, 0.3) is 32.7 Å². The number of nitrogens with one attached hydrogen (secondary N) is 2. The Morgan fingerprint density at radius 1 is 1.16 bits per heavy atom. The molecule has 15 nitrogen and oxygen atoms in total. The third kappa shape index (κ3) is 10.5. The molecule has 5 atom stereocenters. The number of amides is 4. The van der Waals surface area contributed by atoms with Crippen LogP contribution < -0.4 is 10.7 Å². The van der Waals surface area contributed by atoms with Gasteiger partial charge in [0.1, 0.15) is 29.7 Å². The minimum Gasteiger partial charge on any atom is -0.464 e. The number of hydrogen-bond donors (Lipinski definition) is 2. The SMILES string of the molecule is C=CC(=O)N1CC[C@](F)(C(=O)N(C)[C@H](C(=O)N[C@H]2Cc3csc(n3)-c3ccc4c(c3)c(c(-c3cccnc3[C@H](C)OC)n4CC(F)(F)F)CC(C)(C)COC(=O)[C@@H]3CCCN(N3)C2=O)C(C)C)C1. The van der Waals surface area contributed by atoms with Gasteiger partial charge in [0.15, 0.2) is 0 Å². The van der Waals surface area contributed by atoms with Crippen molar-refractivity contribution in [1.82, 2.24) is 40.1 Å². The molecule has 0 saturated carbocycles. The van der Waals surface area contributed by atoms with Gasteiger partial charge in [0.25, 0.3) is 11.8 Å². The Balaban J connectivity index is 1.30. The fraction of sp³-hybridized carbons (Fsp3) is 0.521. The smallest absolute Gasteiger partial charge is 0.406 e. The number of esters is 1. The standard InChI is InChI=1S/C48H58F4N8O7S/c1-9-37(61)58-19-16-47(49,24-58)45(65)57(7)39(27(2)3)41(62)55-35-21-30-23-68-42(54-30)29-14-15-36-32(20-29)33(22-46(5,6)26-67-44(64)34-13-11-18-60(56-34)43(35)63)40(59(36)25-48(50,51)52)31-12-10-17-53-38(31)28(4)66-8/h9-10,12,14-15,17,20,23,27-28,34-35,39,56H,1,11,13,16,18-19,21-22,24-26H2,2-8H3,(H,55,62)/t28-,34-,35-,39-,47+/m0/s1. The van der Waals surface area contributed by atoms with Gasteiger partial charge in [-0.25, -0.2) is 14.8 Å². The summed E-state index contributed by atoms with van der Waals surface area (Å²) >= 11 is 1.25. The van der Waals surface area contributed by atoms with Crippen molar-refractivity contribution in [1.29, 1.82) is 0 Å². The minimum absolute atomic E-state index is 0.0118. The molecule has 0 aliphatic carbocycles. The van der Waals surface area contributed by atoms with Gasteiger partial charge >= 0.3 is 12.1 Å². The lowest BCUT2D eigenvalue weighted by Gasteiger charge is -2.37. The molecule has 1 aromatic carbocycles. The van der Waals surface area contributed by atoms with E-state index in [1.54, 1.807) is 62.7 Å². The Morgan fingerprint density at radius 3 is 2.60 bits per heavy atom. The molecule has 3 aliphatic rings. The van der Waals surface area contributed by atoms with Crippen molar-refractivity contribution in [3.05, 3.63) is 71.5 Å². The van der Waals surface area contributed by atoms with Crippen molar-refractivity contribution in [2.75, 3.05) is 40.4 Å². The Morgan fingerprint density at radius 2 is 1.91 bits per heavy atom. The van der Waals surface area contributed by atoms with Crippen molar-refractivity contribution in [3.63, 3.8) is 0 Å². The number of hydrogen-bond acceptors (Lipinski definition) is 11. The average molecular weight is 967 g/mol. The summed E-state index contributed by atoms with van der Waals surface area (Å²) in [5.41, 5.74) is 2.78. The quantitative estimate of drug-likeness (QED) is 0.104. The zero-order valence-corrected chi connectivity index (χ0v) is 40.1. The molecule has 366 valence electrons. The number of alkyl halides is 4. The van der Waals surface area contributed by atoms with Crippen molar-refractivity contribution < 1.29 is 51.0 Å². The Hall–Kier alpha value is -5.73. The normalized spacial score (nSPS) is 22.1. The second-order valence-electron chi connectivity index (χ2n) is 19.0. The van der Waals surface area contributed by atoms with Gasteiger partial charge in [0, 0.05) is 79.1 Å². The number of rotatable bonds is 10. The van der Waals surface area contributed by atoms with E-state index in [9.17, 15) is 37.1 Å². The van der Waals surface area contributed by atoms with Crippen molar-refractivity contribution in [3.8, 4) is 21.8 Å². The molecule has 68 heavy (non-hydrogen) atoms. The summed E-state index contributed by atoms with van der Waals surface area (Å²) in [6.07, 6.45) is -2.10. The second-order valence-corrected chi connectivity index (χ2v) is 19.9. The van der Waals surface area contributed by atoms with E-state index in [4.69, 9.17) is 14.5 Å².